The van der Waals surface area contributed by atoms with Gasteiger partial charge in [0, 0.05) is 25.1 Å². The van der Waals surface area contributed by atoms with Crippen LogP contribution in [0.5, 0.6) is 5.75 Å². The summed E-state index contributed by atoms with van der Waals surface area (Å²) in [5.74, 6) is -0.404. The maximum atomic E-state index is 12.5. The first kappa shape index (κ1) is 22.0. The molecule has 3 rings (SSSR count). The highest BCUT2D eigenvalue weighted by molar-refractivity contribution is 7.89. The zero-order valence-corrected chi connectivity index (χ0v) is 17.7. The van der Waals surface area contributed by atoms with E-state index in [-0.39, 0.29) is 16.8 Å². The predicted molar refractivity (Wildman–Crippen MR) is 113 cm³/mol. The van der Waals surface area contributed by atoms with Crippen LogP contribution in [-0.2, 0) is 21.2 Å². The number of esters is 1. The SMILES string of the molecule is CC(=O)Oc1cccc(C(=O)NCCc2ccc(S(=O)(=O)NC3CCCC3)cc2)c1. The Morgan fingerprint density at radius 1 is 1.07 bits per heavy atom. The largest absolute Gasteiger partial charge is 0.427 e. The maximum absolute atomic E-state index is 12.5. The van der Waals surface area contributed by atoms with Crippen molar-refractivity contribution >= 4 is 21.9 Å². The summed E-state index contributed by atoms with van der Waals surface area (Å²) in [7, 11) is -3.50. The number of ether oxygens (including phenoxy) is 1. The van der Waals surface area contributed by atoms with Crippen molar-refractivity contribution in [3.63, 3.8) is 0 Å². The Morgan fingerprint density at radius 2 is 1.77 bits per heavy atom. The van der Waals surface area contributed by atoms with Gasteiger partial charge in [-0.25, -0.2) is 13.1 Å². The number of benzene rings is 2. The molecule has 0 unspecified atom stereocenters. The number of amides is 1. The summed E-state index contributed by atoms with van der Waals surface area (Å²) in [6.07, 6.45) is 4.46. The first-order valence-electron chi connectivity index (χ1n) is 10.0. The lowest BCUT2D eigenvalue weighted by Gasteiger charge is -2.13. The molecule has 0 aliphatic heterocycles. The molecular formula is C22H26N2O5S. The molecule has 0 heterocycles. The molecule has 2 N–H and O–H groups in total. The quantitative estimate of drug-likeness (QED) is 0.495. The smallest absolute Gasteiger partial charge is 0.308 e. The molecule has 7 nitrogen and oxygen atoms in total. The van der Waals surface area contributed by atoms with Crippen molar-refractivity contribution in [2.24, 2.45) is 0 Å². The minimum atomic E-state index is -3.50. The summed E-state index contributed by atoms with van der Waals surface area (Å²) >= 11 is 0. The third-order valence-electron chi connectivity index (χ3n) is 4.97. The maximum Gasteiger partial charge on any atom is 0.308 e. The molecule has 0 saturated heterocycles. The van der Waals surface area contributed by atoms with Gasteiger partial charge in [0.25, 0.3) is 5.91 Å². The van der Waals surface area contributed by atoms with E-state index in [9.17, 15) is 18.0 Å². The standard InChI is InChI=1S/C22H26N2O5S/c1-16(25)29-20-8-4-5-18(15-20)22(26)23-14-13-17-9-11-21(12-10-17)30(27,28)24-19-6-2-3-7-19/h4-5,8-12,15,19,24H,2-3,6-7,13-14H2,1H3,(H,23,26). The summed E-state index contributed by atoms with van der Waals surface area (Å²) in [6.45, 7) is 1.69. The first-order chi connectivity index (χ1) is 14.3. The highest BCUT2D eigenvalue weighted by Gasteiger charge is 2.22. The molecule has 160 valence electrons. The summed E-state index contributed by atoms with van der Waals surface area (Å²) < 4.78 is 32.7. The fourth-order valence-corrected chi connectivity index (χ4v) is 4.76. The average molecular weight is 431 g/mol. The second-order valence-corrected chi connectivity index (χ2v) is 9.09. The van der Waals surface area contributed by atoms with Gasteiger partial charge >= 0.3 is 5.97 Å². The Hall–Kier alpha value is -2.71. The number of carbonyl (C=O) groups excluding carboxylic acids is 2. The van der Waals surface area contributed by atoms with Crippen molar-refractivity contribution in [1.29, 1.82) is 0 Å². The van der Waals surface area contributed by atoms with Gasteiger partial charge in [-0.05, 0) is 55.2 Å². The van der Waals surface area contributed by atoms with Crippen molar-refractivity contribution < 1.29 is 22.7 Å². The molecular weight excluding hydrogens is 404 g/mol. The second-order valence-electron chi connectivity index (χ2n) is 7.37. The van der Waals surface area contributed by atoms with E-state index in [1.807, 2.05) is 0 Å². The zero-order valence-electron chi connectivity index (χ0n) is 16.9. The van der Waals surface area contributed by atoms with E-state index in [0.29, 0.717) is 24.3 Å². The molecule has 8 heteroatoms. The molecule has 0 radical (unpaired) electrons. The predicted octanol–water partition coefficient (Wildman–Crippen LogP) is 2.81. The fourth-order valence-electron chi connectivity index (χ4n) is 3.46. The van der Waals surface area contributed by atoms with Gasteiger partial charge in [-0.2, -0.15) is 0 Å². The van der Waals surface area contributed by atoms with Gasteiger partial charge in [-0.3, -0.25) is 9.59 Å². The Kier molecular flexibility index (Phi) is 7.23. The molecule has 0 bridgehead atoms. The number of rotatable bonds is 8. The highest BCUT2D eigenvalue weighted by Crippen LogP contribution is 2.20. The lowest BCUT2D eigenvalue weighted by molar-refractivity contribution is -0.131. The van der Waals surface area contributed by atoms with Crippen molar-refractivity contribution in [3.05, 3.63) is 59.7 Å². The van der Waals surface area contributed by atoms with Crippen LogP contribution in [0.15, 0.2) is 53.4 Å². The van der Waals surface area contributed by atoms with Crippen molar-refractivity contribution in [2.45, 2.75) is 50.0 Å². The Balaban J connectivity index is 1.51. The first-order valence-corrected chi connectivity index (χ1v) is 11.5. The number of carbonyl (C=O) groups is 2. The van der Waals surface area contributed by atoms with Crippen LogP contribution in [-0.4, -0.2) is 32.9 Å². The highest BCUT2D eigenvalue weighted by atomic mass is 32.2. The third kappa shape index (κ3) is 6.14. The number of hydrogen-bond acceptors (Lipinski definition) is 5. The van der Waals surface area contributed by atoms with E-state index in [2.05, 4.69) is 10.0 Å². The monoisotopic (exact) mass is 430 g/mol. The van der Waals surface area contributed by atoms with Crippen LogP contribution in [0.4, 0.5) is 0 Å². The Labute approximate surface area is 176 Å². The number of hydrogen-bond donors (Lipinski definition) is 2. The Bertz CT molecular complexity index is 996. The van der Waals surface area contributed by atoms with E-state index < -0.39 is 16.0 Å². The summed E-state index contributed by atoms with van der Waals surface area (Å²) in [4.78, 5) is 23.6. The van der Waals surface area contributed by atoms with Gasteiger partial charge in [0.05, 0.1) is 4.90 Å². The van der Waals surface area contributed by atoms with E-state index in [1.165, 1.54) is 13.0 Å². The van der Waals surface area contributed by atoms with Crippen LogP contribution in [0.25, 0.3) is 0 Å². The minimum absolute atomic E-state index is 0.0317. The van der Waals surface area contributed by atoms with Crippen LogP contribution in [0.3, 0.4) is 0 Å². The minimum Gasteiger partial charge on any atom is -0.427 e. The summed E-state index contributed by atoms with van der Waals surface area (Å²) in [6, 6.07) is 13.1. The summed E-state index contributed by atoms with van der Waals surface area (Å²) in [5.41, 5.74) is 1.32. The van der Waals surface area contributed by atoms with Crippen LogP contribution in [0, 0.1) is 0 Å². The lowest BCUT2D eigenvalue weighted by Crippen LogP contribution is -2.32. The van der Waals surface area contributed by atoms with Gasteiger partial charge in [-0.15, -0.1) is 0 Å². The van der Waals surface area contributed by atoms with Crippen LogP contribution in [0.2, 0.25) is 0 Å². The van der Waals surface area contributed by atoms with Crippen LogP contribution >= 0.6 is 0 Å². The van der Waals surface area contributed by atoms with Crippen molar-refractivity contribution in [3.8, 4) is 5.75 Å². The van der Waals surface area contributed by atoms with E-state index in [0.717, 1.165) is 31.2 Å². The van der Waals surface area contributed by atoms with Gasteiger partial charge in [0.1, 0.15) is 5.75 Å². The molecule has 0 spiro atoms. The molecule has 1 aliphatic rings. The van der Waals surface area contributed by atoms with Crippen molar-refractivity contribution in [1.82, 2.24) is 10.0 Å². The molecule has 1 saturated carbocycles. The molecule has 0 atom stereocenters. The topological polar surface area (TPSA) is 102 Å². The van der Waals surface area contributed by atoms with Gasteiger partial charge in [-0.1, -0.05) is 31.0 Å². The molecule has 1 aliphatic carbocycles. The summed E-state index contributed by atoms with van der Waals surface area (Å²) in [5, 5.41) is 2.81. The second kappa shape index (κ2) is 9.86. The van der Waals surface area contributed by atoms with E-state index in [4.69, 9.17) is 4.74 Å². The van der Waals surface area contributed by atoms with Gasteiger partial charge in [0.2, 0.25) is 10.0 Å². The van der Waals surface area contributed by atoms with Crippen LogP contribution < -0.4 is 14.8 Å². The van der Waals surface area contributed by atoms with Gasteiger partial charge in [0.15, 0.2) is 0 Å². The molecule has 0 aromatic heterocycles. The molecule has 2 aromatic rings. The fraction of sp³-hybridized carbons (Fsp3) is 0.364. The zero-order chi connectivity index (χ0) is 21.6. The van der Waals surface area contributed by atoms with E-state index >= 15 is 0 Å². The Morgan fingerprint density at radius 3 is 2.43 bits per heavy atom. The van der Waals surface area contributed by atoms with Crippen molar-refractivity contribution in [2.75, 3.05) is 6.54 Å². The third-order valence-corrected chi connectivity index (χ3v) is 6.50. The van der Waals surface area contributed by atoms with Gasteiger partial charge < -0.3 is 10.1 Å². The molecule has 1 amide bonds. The number of sulfonamides is 1. The van der Waals surface area contributed by atoms with Crippen LogP contribution in [0.1, 0.15) is 48.5 Å². The number of nitrogens with one attached hydrogen (secondary N) is 2. The molecule has 30 heavy (non-hydrogen) atoms. The molecule has 2 aromatic carbocycles. The van der Waals surface area contributed by atoms with E-state index in [1.54, 1.807) is 42.5 Å². The lowest BCUT2D eigenvalue weighted by atomic mass is 10.1. The normalized spacial score (nSPS) is 14.4. The molecule has 1 fully saturated rings. The average Bonchev–Trinajstić information content (AvgIpc) is 3.20.